The van der Waals surface area contributed by atoms with E-state index in [1.807, 2.05) is 46.0 Å². The molecule has 0 spiro atoms. The normalized spacial score (nSPS) is 18.0. The van der Waals surface area contributed by atoms with Gasteiger partial charge in [0.05, 0.1) is 0 Å². The van der Waals surface area contributed by atoms with Crippen molar-refractivity contribution < 1.29 is 4.79 Å². The van der Waals surface area contributed by atoms with E-state index in [2.05, 4.69) is 29.2 Å². The van der Waals surface area contributed by atoms with E-state index >= 15 is 0 Å². The number of rotatable bonds is 2. The Bertz CT molecular complexity index is 776. The molecule has 2 aromatic heterocycles. The van der Waals surface area contributed by atoms with Crippen molar-refractivity contribution in [3.05, 3.63) is 72.2 Å². The van der Waals surface area contributed by atoms with Crippen LogP contribution in [0.1, 0.15) is 28.4 Å². The van der Waals surface area contributed by atoms with E-state index in [1.54, 1.807) is 0 Å². The van der Waals surface area contributed by atoms with E-state index in [9.17, 15) is 4.79 Å². The van der Waals surface area contributed by atoms with Crippen molar-refractivity contribution >= 4 is 11.6 Å². The third-order valence-electron chi connectivity index (χ3n) is 4.33. The summed E-state index contributed by atoms with van der Waals surface area (Å²) in [6.45, 7) is 1.57. The van der Waals surface area contributed by atoms with Crippen LogP contribution in [0.25, 0.3) is 5.65 Å². The lowest BCUT2D eigenvalue weighted by molar-refractivity contribution is 0.0785. The molecule has 1 fully saturated rings. The van der Waals surface area contributed by atoms with Crippen LogP contribution in [0.5, 0.6) is 0 Å². The molecule has 0 N–H and O–H groups in total. The van der Waals surface area contributed by atoms with Gasteiger partial charge in [0.15, 0.2) is 0 Å². The highest BCUT2D eigenvalue weighted by molar-refractivity contribution is 5.93. The quantitative estimate of drug-likeness (QED) is 0.728. The maximum absolute atomic E-state index is 12.6. The maximum atomic E-state index is 12.6. The number of carbonyl (C=O) groups is 1. The molecule has 0 unspecified atom stereocenters. The number of hydrogen-bond donors (Lipinski definition) is 0. The molecule has 0 aliphatic carbocycles. The third kappa shape index (κ3) is 2.26. The number of benzene rings is 1. The van der Waals surface area contributed by atoms with Crippen LogP contribution in [-0.2, 0) is 0 Å². The van der Waals surface area contributed by atoms with Crippen LogP contribution >= 0.6 is 0 Å². The lowest BCUT2D eigenvalue weighted by Crippen LogP contribution is -2.28. The Hall–Kier alpha value is -2.62. The lowest BCUT2D eigenvalue weighted by atomic mass is 9.99. The molecule has 1 atom stereocenters. The van der Waals surface area contributed by atoms with Crippen molar-refractivity contribution in [1.82, 2.24) is 14.3 Å². The molecule has 3 heterocycles. The lowest BCUT2D eigenvalue weighted by Gasteiger charge is -2.15. The van der Waals surface area contributed by atoms with Gasteiger partial charge in [0.25, 0.3) is 5.91 Å². The Balaban J connectivity index is 1.54. The van der Waals surface area contributed by atoms with Crippen molar-refractivity contribution in [2.24, 2.45) is 0 Å². The molecule has 4 rings (SSSR count). The van der Waals surface area contributed by atoms with Gasteiger partial charge < -0.3 is 9.30 Å². The predicted molar refractivity (Wildman–Crippen MR) is 84.9 cm³/mol. The average molecular weight is 291 g/mol. The van der Waals surface area contributed by atoms with Gasteiger partial charge in [-0.15, -0.1) is 0 Å². The van der Waals surface area contributed by atoms with E-state index < -0.39 is 0 Å². The van der Waals surface area contributed by atoms with Crippen LogP contribution in [0.4, 0.5) is 0 Å². The first-order valence-corrected chi connectivity index (χ1v) is 7.59. The van der Waals surface area contributed by atoms with Gasteiger partial charge in [-0.3, -0.25) is 4.79 Å². The summed E-state index contributed by atoms with van der Waals surface area (Å²) < 4.78 is 1.89. The van der Waals surface area contributed by atoms with E-state index in [4.69, 9.17) is 0 Å². The number of imidazole rings is 1. The Morgan fingerprint density at radius 3 is 2.73 bits per heavy atom. The second-order valence-corrected chi connectivity index (χ2v) is 5.74. The second kappa shape index (κ2) is 5.30. The average Bonchev–Trinajstić information content (AvgIpc) is 3.22. The van der Waals surface area contributed by atoms with Gasteiger partial charge in [0.1, 0.15) is 11.3 Å². The zero-order valence-electron chi connectivity index (χ0n) is 12.2. The zero-order valence-corrected chi connectivity index (χ0v) is 12.2. The Labute approximate surface area is 129 Å². The van der Waals surface area contributed by atoms with Crippen molar-refractivity contribution in [3.63, 3.8) is 0 Å². The molecule has 4 nitrogen and oxygen atoms in total. The first-order chi connectivity index (χ1) is 10.8. The Morgan fingerprint density at radius 1 is 1.09 bits per heavy atom. The summed E-state index contributed by atoms with van der Waals surface area (Å²) in [5.41, 5.74) is 2.65. The number of amides is 1. The van der Waals surface area contributed by atoms with Crippen molar-refractivity contribution in [3.8, 4) is 0 Å². The van der Waals surface area contributed by atoms with Gasteiger partial charge >= 0.3 is 0 Å². The summed E-state index contributed by atoms with van der Waals surface area (Å²) in [4.78, 5) is 19.0. The second-order valence-electron chi connectivity index (χ2n) is 5.74. The highest BCUT2D eigenvalue weighted by Gasteiger charge is 2.28. The minimum Gasteiger partial charge on any atom is -0.337 e. The summed E-state index contributed by atoms with van der Waals surface area (Å²) in [6.07, 6.45) is 4.74. The smallest absolute Gasteiger partial charge is 0.274 e. The molecule has 110 valence electrons. The first-order valence-electron chi connectivity index (χ1n) is 7.59. The fraction of sp³-hybridized carbons (Fsp3) is 0.222. The fourth-order valence-electron chi connectivity index (χ4n) is 3.14. The molecular weight excluding hydrogens is 274 g/mol. The molecule has 4 heteroatoms. The van der Waals surface area contributed by atoms with Crippen LogP contribution in [0.15, 0.2) is 60.9 Å². The van der Waals surface area contributed by atoms with Gasteiger partial charge in [-0.2, -0.15) is 0 Å². The summed E-state index contributed by atoms with van der Waals surface area (Å²) in [6, 6.07) is 16.2. The van der Waals surface area contributed by atoms with Crippen LogP contribution in [0.2, 0.25) is 0 Å². The summed E-state index contributed by atoms with van der Waals surface area (Å²) in [7, 11) is 0. The monoisotopic (exact) mass is 291 g/mol. The van der Waals surface area contributed by atoms with Crippen LogP contribution in [-0.4, -0.2) is 33.3 Å². The number of likely N-dealkylation sites (tertiary alicyclic amines) is 1. The number of aromatic nitrogens is 2. The van der Waals surface area contributed by atoms with Crippen LogP contribution < -0.4 is 0 Å². The van der Waals surface area contributed by atoms with Crippen LogP contribution in [0, 0.1) is 0 Å². The molecule has 1 aliphatic heterocycles. The zero-order chi connectivity index (χ0) is 14.9. The van der Waals surface area contributed by atoms with Gasteiger partial charge in [-0.05, 0) is 24.1 Å². The van der Waals surface area contributed by atoms with E-state index in [-0.39, 0.29) is 5.91 Å². The third-order valence-corrected chi connectivity index (χ3v) is 4.33. The number of hydrogen-bond acceptors (Lipinski definition) is 2. The van der Waals surface area contributed by atoms with Crippen molar-refractivity contribution in [1.29, 1.82) is 0 Å². The standard InChI is InChI=1S/C18H17N3O/c22-18(16-13-20-10-5-4-8-17(20)19-16)21-11-9-15(12-21)14-6-2-1-3-7-14/h1-8,10,13,15H,9,11-12H2/t15-/m0/s1. The van der Waals surface area contributed by atoms with Gasteiger partial charge in [-0.1, -0.05) is 36.4 Å². The molecule has 22 heavy (non-hydrogen) atoms. The van der Waals surface area contributed by atoms with Crippen molar-refractivity contribution in [2.45, 2.75) is 12.3 Å². The molecule has 3 aromatic rings. The number of carbonyl (C=O) groups excluding carboxylic acids is 1. The number of fused-ring (bicyclic) bond motifs is 1. The molecule has 1 saturated heterocycles. The Morgan fingerprint density at radius 2 is 1.91 bits per heavy atom. The summed E-state index contributed by atoms with van der Waals surface area (Å²) in [5, 5.41) is 0. The molecular formula is C18H17N3O. The number of nitrogens with zero attached hydrogens (tertiary/aromatic N) is 3. The fourth-order valence-corrected chi connectivity index (χ4v) is 3.14. The first kappa shape index (κ1) is 13.1. The highest BCUT2D eigenvalue weighted by Crippen LogP contribution is 2.27. The largest absolute Gasteiger partial charge is 0.337 e. The molecule has 1 aliphatic rings. The molecule has 0 bridgehead atoms. The maximum Gasteiger partial charge on any atom is 0.274 e. The predicted octanol–water partition coefficient (Wildman–Crippen LogP) is 2.96. The van der Waals surface area contributed by atoms with E-state index in [1.165, 1.54) is 5.56 Å². The SMILES string of the molecule is O=C(c1cn2ccccc2n1)N1CC[C@H](c2ccccc2)C1. The van der Waals surface area contributed by atoms with Crippen LogP contribution in [0.3, 0.4) is 0 Å². The molecule has 0 saturated carbocycles. The summed E-state index contributed by atoms with van der Waals surface area (Å²) >= 11 is 0. The topological polar surface area (TPSA) is 37.6 Å². The highest BCUT2D eigenvalue weighted by atomic mass is 16.2. The van der Waals surface area contributed by atoms with E-state index in [0.717, 1.165) is 25.2 Å². The Kier molecular flexibility index (Phi) is 3.15. The van der Waals surface area contributed by atoms with Gasteiger partial charge in [0.2, 0.25) is 0 Å². The number of pyridine rings is 1. The molecule has 1 aromatic carbocycles. The molecule has 0 radical (unpaired) electrons. The molecule has 1 amide bonds. The van der Waals surface area contributed by atoms with Gasteiger partial charge in [0, 0.05) is 31.4 Å². The van der Waals surface area contributed by atoms with E-state index in [0.29, 0.717) is 11.6 Å². The summed E-state index contributed by atoms with van der Waals surface area (Å²) in [5.74, 6) is 0.462. The minimum atomic E-state index is 0.0298. The van der Waals surface area contributed by atoms with Crippen molar-refractivity contribution in [2.75, 3.05) is 13.1 Å². The van der Waals surface area contributed by atoms with Gasteiger partial charge in [-0.25, -0.2) is 4.98 Å². The minimum absolute atomic E-state index is 0.0298.